The molecule has 2 aromatic heterocycles. The monoisotopic (exact) mass is 402 g/mol. The number of aryl methyl sites for hydroxylation is 1. The van der Waals surface area contributed by atoms with E-state index in [1.807, 2.05) is 24.5 Å². The zero-order valence-electron chi connectivity index (χ0n) is 8.94. The summed E-state index contributed by atoms with van der Waals surface area (Å²) in [7, 11) is 0. The molecule has 0 atom stereocenters. The second kappa shape index (κ2) is 4.45. The zero-order chi connectivity index (χ0) is 10.3. The third-order valence-electron chi connectivity index (χ3n) is 2.70. The van der Waals surface area contributed by atoms with Crippen LogP contribution < -0.4 is 0 Å². The van der Waals surface area contributed by atoms with Crippen molar-refractivity contribution < 1.29 is 0 Å². The van der Waals surface area contributed by atoms with Crippen molar-refractivity contribution in [2.75, 3.05) is 0 Å². The third-order valence-corrected chi connectivity index (χ3v) is 2.70. The molecule has 4 radical (unpaired) electrons. The van der Waals surface area contributed by atoms with E-state index in [0.29, 0.717) is 0 Å². The molecule has 0 spiro atoms. The molecule has 0 aliphatic rings. The molecule has 0 saturated heterocycles. The maximum absolute atomic E-state index is 4.41. The van der Waals surface area contributed by atoms with Crippen molar-refractivity contribution in [1.82, 2.24) is 9.97 Å². The van der Waals surface area contributed by atoms with Crippen molar-refractivity contribution in [2.45, 2.75) is 6.92 Å². The first-order valence-electron chi connectivity index (χ1n) is 4.95. The Morgan fingerprint density at radius 3 is 2.56 bits per heavy atom. The molecular weight excluding hydrogens is 391 g/mol. The van der Waals surface area contributed by atoms with Gasteiger partial charge in [0.1, 0.15) is 0 Å². The Morgan fingerprint density at radius 2 is 1.69 bits per heavy atom. The number of rotatable bonds is 0. The fraction of sp³-hybridized carbons (Fsp3) is 0.0769. The number of fused-ring (bicyclic) bond motifs is 3. The smallest absolute Gasteiger partial charge is 0.0967 e. The van der Waals surface area contributed by atoms with Gasteiger partial charge in [-0.1, -0.05) is 18.2 Å². The van der Waals surface area contributed by atoms with Crippen LogP contribution in [0.4, 0.5) is 0 Å². The van der Waals surface area contributed by atoms with E-state index < -0.39 is 0 Å². The summed E-state index contributed by atoms with van der Waals surface area (Å²) in [4.78, 5) is 8.80. The van der Waals surface area contributed by atoms with E-state index in [9.17, 15) is 0 Å². The molecule has 0 bridgehead atoms. The number of benzene rings is 1. The minimum atomic E-state index is 0. The van der Waals surface area contributed by atoms with Crippen LogP contribution in [0, 0.1) is 6.92 Å². The van der Waals surface area contributed by atoms with Gasteiger partial charge in [-0.3, -0.25) is 9.97 Å². The van der Waals surface area contributed by atoms with Crippen LogP contribution in [-0.4, -0.2) is 37.3 Å². The number of hydrogen-bond donors (Lipinski definition) is 0. The van der Waals surface area contributed by atoms with E-state index >= 15 is 0 Å². The van der Waals surface area contributed by atoms with Crippen molar-refractivity contribution in [1.29, 1.82) is 0 Å². The molecule has 3 heteroatoms. The van der Waals surface area contributed by atoms with Gasteiger partial charge in [0.15, 0.2) is 0 Å². The molecule has 0 aliphatic carbocycles. The summed E-state index contributed by atoms with van der Waals surface area (Å²) in [6, 6.07) is 10.2. The summed E-state index contributed by atoms with van der Waals surface area (Å²) in [6.45, 7) is 2.10. The van der Waals surface area contributed by atoms with Crippen molar-refractivity contribution in [3.05, 3.63) is 48.3 Å². The molecule has 2 heterocycles. The van der Waals surface area contributed by atoms with Crippen molar-refractivity contribution in [3.63, 3.8) is 0 Å². The van der Waals surface area contributed by atoms with Gasteiger partial charge in [0.25, 0.3) is 0 Å². The fourth-order valence-electron chi connectivity index (χ4n) is 1.89. The van der Waals surface area contributed by atoms with Crippen LogP contribution in [0.1, 0.15) is 5.56 Å². The number of hydrogen-bond acceptors (Lipinski definition) is 2. The van der Waals surface area contributed by atoms with Gasteiger partial charge in [0.2, 0.25) is 0 Å². The van der Waals surface area contributed by atoms with E-state index in [2.05, 4.69) is 35.1 Å². The number of aromatic nitrogens is 2. The molecule has 0 fully saturated rings. The molecule has 76 valence electrons. The van der Waals surface area contributed by atoms with Gasteiger partial charge < -0.3 is 0 Å². The van der Waals surface area contributed by atoms with Crippen LogP contribution in [-0.2, 0) is 0 Å². The van der Waals surface area contributed by atoms with E-state index in [-0.39, 0.29) is 27.3 Å². The first-order valence-corrected chi connectivity index (χ1v) is 4.95. The average molecular weight is 401 g/mol. The van der Waals surface area contributed by atoms with Crippen LogP contribution in [0.5, 0.6) is 0 Å². The summed E-state index contributed by atoms with van der Waals surface area (Å²) in [6.07, 6.45) is 3.65. The fourth-order valence-corrected chi connectivity index (χ4v) is 1.89. The minimum absolute atomic E-state index is 0. The van der Waals surface area contributed by atoms with Crippen molar-refractivity contribution in [3.8, 4) is 0 Å². The Balaban J connectivity index is 0.000000963. The van der Waals surface area contributed by atoms with Crippen molar-refractivity contribution >= 4 is 49.1 Å². The Hall–Kier alpha value is -1.04. The maximum Gasteiger partial charge on any atom is 0.0967 e. The second-order valence-electron chi connectivity index (χ2n) is 3.66. The van der Waals surface area contributed by atoms with Crippen LogP contribution in [0.3, 0.4) is 0 Å². The van der Waals surface area contributed by atoms with Crippen LogP contribution in [0.15, 0.2) is 42.7 Å². The van der Waals surface area contributed by atoms with Gasteiger partial charge in [-0.25, -0.2) is 0 Å². The number of pyridine rings is 2. The van der Waals surface area contributed by atoms with Crippen LogP contribution in [0.25, 0.3) is 21.8 Å². The largest absolute Gasteiger partial charge is 0.254 e. The molecule has 0 saturated carbocycles. The molecule has 1 aromatic carbocycles. The van der Waals surface area contributed by atoms with E-state index in [1.54, 1.807) is 0 Å². The molecular formula is C13H10N2Pb. The molecule has 3 rings (SSSR count). The summed E-state index contributed by atoms with van der Waals surface area (Å²) in [5.41, 5.74) is 3.22. The third kappa shape index (κ3) is 1.71. The van der Waals surface area contributed by atoms with Crippen LogP contribution in [0.2, 0.25) is 0 Å². The predicted octanol–water partition coefficient (Wildman–Crippen LogP) is 2.71. The van der Waals surface area contributed by atoms with E-state index in [4.69, 9.17) is 0 Å². The van der Waals surface area contributed by atoms with Gasteiger partial charge in [-0.15, -0.1) is 0 Å². The number of nitrogens with zero attached hydrogens (tertiary/aromatic N) is 2. The van der Waals surface area contributed by atoms with Crippen LogP contribution >= 0.6 is 0 Å². The van der Waals surface area contributed by atoms with E-state index in [1.165, 1.54) is 10.9 Å². The zero-order valence-corrected chi connectivity index (χ0v) is 12.8. The normalized spacial score (nSPS) is 10.3. The van der Waals surface area contributed by atoms with Gasteiger partial charge in [-0.05, 0) is 24.6 Å². The van der Waals surface area contributed by atoms with Gasteiger partial charge >= 0.3 is 0 Å². The molecule has 0 aliphatic heterocycles. The summed E-state index contributed by atoms with van der Waals surface area (Å²) in [5.74, 6) is 0. The summed E-state index contributed by atoms with van der Waals surface area (Å²) >= 11 is 0. The second-order valence-corrected chi connectivity index (χ2v) is 3.66. The minimum Gasteiger partial charge on any atom is -0.254 e. The molecule has 0 N–H and O–H groups in total. The molecule has 2 nitrogen and oxygen atoms in total. The molecule has 0 unspecified atom stereocenters. The summed E-state index contributed by atoms with van der Waals surface area (Å²) < 4.78 is 0. The topological polar surface area (TPSA) is 25.8 Å². The Bertz CT molecular complexity index is 650. The van der Waals surface area contributed by atoms with Gasteiger partial charge in [-0.2, -0.15) is 0 Å². The Labute approximate surface area is 114 Å². The quantitative estimate of drug-likeness (QED) is 0.428. The first kappa shape index (κ1) is 11.4. The maximum atomic E-state index is 4.41. The summed E-state index contributed by atoms with van der Waals surface area (Å²) in [5, 5.41) is 2.33. The standard InChI is InChI=1S/C13H10N2.Pb/c1-9-6-8-15-13-11(9)5-4-10-3-2-7-14-12(10)13;/h2-8H,1H3;. The predicted molar refractivity (Wildman–Crippen MR) is 67.5 cm³/mol. The molecule has 3 aromatic rings. The molecule has 0 amide bonds. The molecule has 16 heavy (non-hydrogen) atoms. The Morgan fingerprint density at radius 1 is 0.875 bits per heavy atom. The van der Waals surface area contributed by atoms with Crippen molar-refractivity contribution in [2.24, 2.45) is 0 Å². The first-order chi connectivity index (χ1) is 7.36. The SMILES string of the molecule is Cc1ccnc2c1ccc1cccnc12.[Pb]. The Kier molecular flexibility index (Phi) is 3.18. The average Bonchev–Trinajstić information content (AvgIpc) is 2.29. The van der Waals surface area contributed by atoms with Gasteiger partial charge in [0, 0.05) is 50.5 Å². The van der Waals surface area contributed by atoms with E-state index in [0.717, 1.165) is 16.4 Å². The van der Waals surface area contributed by atoms with Gasteiger partial charge in [0.05, 0.1) is 11.0 Å².